The molecule has 2 heteroatoms. The third-order valence-electron chi connectivity index (χ3n) is 4.77. The van der Waals surface area contributed by atoms with Gasteiger partial charge >= 0.3 is 0 Å². The van der Waals surface area contributed by atoms with Crippen LogP contribution in [0.15, 0.2) is 24.3 Å². The highest BCUT2D eigenvalue weighted by atomic mass is 19.1. The molecule has 3 unspecified atom stereocenters. The first-order chi connectivity index (χ1) is 8.72. The summed E-state index contributed by atoms with van der Waals surface area (Å²) in [4.78, 5) is 11.5. The number of fused-ring (bicyclic) bond motifs is 1. The fraction of sp³-hybridized carbons (Fsp3) is 0.562. The number of carbonyl (C=O) groups excluding carboxylic acids is 1. The fourth-order valence-corrected chi connectivity index (χ4v) is 3.73. The Bertz CT molecular complexity index is 437. The molecule has 96 valence electrons. The van der Waals surface area contributed by atoms with Crippen molar-refractivity contribution in [2.45, 2.75) is 44.4 Å². The first-order valence-corrected chi connectivity index (χ1v) is 6.99. The maximum absolute atomic E-state index is 12.9. The maximum Gasteiger partial charge on any atom is 0.133 e. The van der Waals surface area contributed by atoms with E-state index in [-0.39, 0.29) is 5.82 Å². The van der Waals surface area contributed by atoms with E-state index in [9.17, 15) is 9.18 Å². The van der Waals surface area contributed by atoms with Crippen LogP contribution in [0.2, 0.25) is 0 Å². The Kier molecular flexibility index (Phi) is 3.19. The van der Waals surface area contributed by atoms with Crippen LogP contribution >= 0.6 is 0 Å². The molecule has 3 atom stereocenters. The zero-order chi connectivity index (χ0) is 12.5. The molecule has 0 spiro atoms. The third-order valence-corrected chi connectivity index (χ3v) is 4.77. The molecular weight excluding hydrogens is 227 g/mol. The van der Waals surface area contributed by atoms with Crippen molar-refractivity contribution in [2.75, 3.05) is 0 Å². The van der Waals surface area contributed by atoms with E-state index in [0.29, 0.717) is 23.5 Å². The lowest BCUT2D eigenvalue weighted by Gasteiger charge is -2.39. The molecule has 1 aromatic rings. The Balaban J connectivity index is 1.70. The first-order valence-electron chi connectivity index (χ1n) is 6.99. The van der Waals surface area contributed by atoms with Gasteiger partial charge in [-0.05, 0) is 61.1 Å². The summed E-state index contributed by atoms with van der Waals surface area (Å²) < 4.78 is 12.9. The average molecular weight is 246 g/mol. The topological polar surface area (TPSA) is 17.1 Å². The smallest absolute Gasteiger partial charge is 0.133 e. The average Bonchev–Trinajstić information content (AvgIpc) is 2.39. The maximum atomic E-state index is 12.9. The van der Waals surface area contributed by atoms with Gasteiger partial charge in [-0.3, -0.25) is 4.79 Å². The van der Waals surface area contributed by atoms with Crippen LogP contribution < -0.4 is 0 Å². The number of halogens is 1. The minimum atomic E-state index is -0.157. The van der Waals surface area contributed by atoms with Crippen LogP contribution in [0.25, 0.3) is 0 Å². The van der Waals surface area contributed by atoms with Gasteiger partial charge in [-0.15, -0.1) is 0 Å². The summed E-state index contributed by atoms with van der Waals surface area (Å²) in [7, 11) is 0. The van der Waals surface area contributed by atoms with Gasteiger partial charge in [0, 0.05) is 12.8 Å². The van der Waals surface area contributed by atoms with Crippen LogP contribution in [0.1, 0.15) is 50.0 Å². The molecule has 0 aliphatic heterocycles. The summed E-state index contributed by atoms with van der Waals surface area (Å²) in [5, 5.41) is 0. The molecule has 0 N–H and O–H groups in total. The number of carbonyl (C=O) groups is 1. The molecule has 3 rings (SSSR count). The lowest BCUT2D eigenvalue weighted by atomic mass is 9.66. The van der Waals surface area contributed by atoms with Crippen molar-refractivity contribution < 1.29 is 9.18 Å². The van der Waals surface area contributed by atoms with Crippen molar-refractivity contribution in [3.63, 3.8) is 0 Å². The summed E-state index contributed by atoms with van der Waals surface area (Å²) in [5.74, 6) is 2.21. The van der Waals surface area contributed by atoms with Crippen LogP contribution in [-0.4, -0.2) is 5.78 Å². The Hall–Kier alpha value is -1.18. The van der Waals surface area contributed by atoms with Crippen molar-refractivity contribution in [3.8, 4) is 0 Å². The molecule has 2 saturated carbocycles. The van der Waals surface area contributed by atoms with Crippen molar-refractivity contribution >= 4 is 5.78 Å². The van der Waals surface area contributed by atoms with Gasteiger partial charge in [-0.25, -0.2) is 4.39 Å². The highest BCUT2D eigenvalue weighted by Crippen LogP contribution is 2.45. The molecule has 18 heavy (non-hydrogen) atoms. The number of Topliss-reactive ketones (excluding diaryl/α,β-unsaturated/α-hetero) is 1. The Morgan fingerprint density at radius 1 is 1.00 bits per heavy atom. The SMILES string of the molecule is O=C1CCC2CC(c3ccc(F)cc3)CCC2C1. The predicted molar refractivity (Wildman–Crippen MR) is 68.8 cm³/mol. The van der Waals surface area contributed by atoms with Gasteiger partial charge in [0.05, 0.1) is 0 Å². The van der Waals surface area contributed by atoms with E-state index >= 15 is 0 Å². The largest absolute Gasteiger partial charge is 0.300 e. The van der Waals surface area contributed by atoms with Crippen molar-refractivity contribution in [3.05, 3.63) is 35.6 Å². The van der Waals surface area contributed by atoms with E-state index in [0.717, 1.165) is 25.7 Å². The Labute approximate surface area is 107 Å². The monoisotopic (exact) mass is 246 g/mol. The second-order valence-corrected chi connectivity index (χ2v) is 5.86. The number of rotatable bonds is 1. The molecular formula is C16H19FO. The highest BCUT2D eigenvalue weighted by Gasteiger charge is 2.35. The third kappa shape index (κ3) is 2.33. The van der Waals surface area contributed by atoms with Crippen molar-refractivity contribution in [1.29, 1.82) is 0 Å². The van der Waals surface area contributed by atoms with Gasteiger partial charge in [0.15, 0.2) is 0 Å². The minimum Gasteiger partial charge on any atom is -0.300 e. The lowest BCUT2D eigenvalue weighted by molar-refractivity contribution is -0.123. The van der Waals surface area contributed by atoms with Gasteiger partial charge in [0.1, 0.15) is 11.6 Å². The standard InChI is InChI=1S/C16H19FO/c17-15-6-3-11(4-7-15)12-1-2-14-10-16(18)8-5-13(14)9-12/h3-4,6-7,12-14H,1-2,5,8-10H2. The van der Waals surface area contributed by atoms with Gasteiger partial charge in [0.25, 0.3) is 0 Å². The van der Waals surface area contributed by atoms with Gasteiger partial charge in [0.2, 0.25) is 0 Å². The summed E-state index contributed by atoms with van der Waals surface area (Å²) in [5.41, 5.74) is 1.27. The van der Waals surface area contributed by atoms with Crippen LogP contribution in [-0.2, 0) is 4.79 Å². The van der Waals surface area contributed by atoms with Gasteiger partial charge in [-0.2, -0.15) is 0 Å². The van der Waals surface area contributed by atoms with E-state index in [1.54, 1.807) is 12.1 Å². The summed E-state index contributed by atoms with van der Waals surface area (Å²) in [6.45, 7) is 0. The normalized spacial score (nSPS) is 32.1. The molecule has 0 aromatic heterocycles. The minimum absolute atomic E-state index is 0.157. The summed E-state index contributed by atoms with van der Waals surface area (Å²) in [6, 6.07) is 6.97. The quantitative estimate of drug-likeness (QED) is 0.729. The number of ketones is 1. The molecule has 0 bridgehead atoms. The van der Waals surface area contributed by atoms with E-state index in [4.69, 9.17) is 0 Å². The van der Waals surface area contributed by atoms with Crippen LogP contribution in [0.5, 0.6) is 0 Å². The van der Waals surface area contributed by atoms with Crippen molar-refractivity contribution in [2.24, 2.45) is 11.8 Å². The van der Waals surface area contributed by atoms with Crippen LogP contribution in [0.3, 0.4) is 0 Å². The molecule has 0 heterocycles. The van der Waals surface area contributed by atoms with Crippen molar-refractivity contribution in [1.82, 2.24) is 0 Å². The van der Waals surface area contributed by atoms with E-state index < -0.39 is 0 Å². The lowest BCUT2D eigenvalue weighted by Crippen LogP contribution is -2.30. The molecule has 1 nitrogen and oxygen atoms in total. The molecule has 2 aliphatic carbocycles. The molecule has 1 aromatic carbocycles. The molecule has 2 fully saturated rings. The number of hydrogen-bond donors (Lipinski definition) is 0. The molecule has 0 amide bonds. The second kappa shape index (κ2) is 4.83. The zero-order valence-corrected chi connectivity index (χ0v) is 10.6. The second-order valence-electron chi connectivity index (χ2n) is 5.86. The Morgan fingerprint density at radius 3 is 2.56 bits per heavy atom. The summed E-state index contributed by atoms with van der Waals surface area (Å²) in [6.07, 6.45) is 6.15. The van der Waals surface area contributed by atoms with E-state index in [2.05, 4.69) is 0 Å². The number of hydrogen-bond acceptors (Lipinski definition) is 1. The van der Waals surface area contributed by atoms with E-state index in [1.165, 1.54) is 18.4 Å². The Morgan fingerprint density at radius 2 is 1.78 bits per heavy atom. The first kappa shape index (κ1) is 11.9. The zero-order valence-electron chi connectivity index (χ0n) is 10.6. The molecule has 0 saturated heterocycles. The van der Waals surface area contributed by atoms with Gasteiger partial charge in [-0.1, -0.05) is 12.1 Å². The summed E-state index contributed by atoms with van der Waals surface area (Å²) >= 11 is 0. The molecule has 2 aliphatic rings. The van der Waals surface area contributed by atoms with Gasteiger partial charge < -0.3 is 0 Å². The number of benzene rings is 1. The van der Waals surface area contributed by atoms with Crippen LogP contribution in [0, 0.1) is 17.7 Å². The highest BCUT2D eigenvalue weighted by molar-refractivity contribution is 5.79. The fourth-order valence-electron chi connectivity index (χ4n) is 3.73. The molecule has 0 radical (unpaired) electrons. The van der Waals surface area contributed by atoms with Crippen LogP contribution in [0.4, 0.5) is 4.39 Å². The van der Waals surface area contributed by atoms with E-state index in [1.807, 2.05) is 12.1 Å². The predicted octanol–water partition coefficient (Wildman–Crippen LogP) is 4.08.